The molecule has 0 rings (SSSR count). The monoisotopic (exact) mass is 248 g/mol. The van der Waals surface area contributed by atoms with E-state index in [1.54, 1.807) is 0 Å². The number of rotatable bonds is 8. The first-order valence-electron chi connectivity index (χ1n) is 5.61. The minimum Gasteiger partial charge on any atom is -0.460 e. The molecule has 0 saturated carbocycles. The number of likely N-dealkylation sites (N-methyl/N-ethyl adjacent to an activating group) is 1. The van der Waals surface area contributed by atoms with Gasteiger partial charge in [0.1, 0.15) is 32.8 Å². The van der Waals surface area contributed by atoms with Gasteiger partial charge in [-0.3, -0.25) is 9.59 Å². The Morgan fingerprint density at radius 3 is 1.71 bits per heavy atom. The van der Waals surface area contributed by atoms with E-state index in [0.717, 1.165) is 0 Å². The smallest absolute Gasteiger partial charge is 0.302 e. The van der Waals surface area contributed by atoms with Crippen molar-refractivity contribution in [2.45, 2.75) is 13.8 Å². The van der Waals surface area contributed by atoms with Crippen molar-refractivity contribution in [3.8, 4) is 0 Å². The molecule has 0 aliphatic heterocycles. The summed E-state index contributed by atoms with van der Waals surface area (Å²) >= 11 is 0. The molecule has 0 heterocycles. The van der Waals surface area contributed by atoms with E-state index in [2.05, 4.69) is 0 Å². The maximum atomic E-state index is 10.6. The van der Waals surface area contributed by atoms with Gasteiger partial charge in [0.05, 0.1) is 13.7 Å². The first-order chi connectivity index (χ1) is 7.89. The van der Waals surface area contributed by atoms with Crippen molar-refractivity contribution in [2.75, 3.05) is 46.5 Å². The highest BCUT2D eigenvalue weighted by Gasteiger charge is 2.21. The van der Waals surface area contributed by atoms with Crippen molar-refractivity contribution in [3.05, 3.63) is 0 Å². The zero-order chi connectivity index (χ0) is 13.3. The van der Waals surface area contributed by atoms with Gasteiger partial charge in [0.15, 0.2) is 0 Å². The van der Waals surface area contributed by atoms with Crippen LogP contribution in [0.1, 0.15) is 13.8 Å². The molecule has 0 saturated heterocycles. The lowest BCUT2D eigenvalue weighted by Gasteiger charge is -2.33. The molecule has 0 aliphatic carbocycles. The summed E-state index contributed by atoms with van der Waals surface area (Å²) in [5.41, 5.74) is 0. The number of aliphatic hydroxyl groups is 1. The van der Waals surface area contributed by atoms with Crippen molar-refractivity contribution in [1.82, 2.24) is 0 Å². The van der Waals surface area contributed by atoms with E-state index < -0.39 is 0 Å². The molecule has 1 N–H and O–H groups in total. The summed E-state index contributed by atoms with van der Waals surface area (Å²) in [7, 11) is 1.92. The molecule has 0 unspecified atom stereocenters. The first-order valence-corrected chi connectivity index (χ1v) is 5.61. The lowest BCUT2D eigenvalue weighted by molar-refractivity contribution is -0.910. The summed E-state index contributed by atoms with van der Waals surface area (Å²) in [6.45, 7) is 5.05. The maximum absolute atomic E-state index is 10.6. The van der Waals surface area contributed by atoms with E-state index >= 15 is 0 Å². The van der Waals surface area contributed by atoms with Crippen LogP contribution >= 0.6 is 0 Å². The molecular formula is C11H22NO5+. The number of aliphatic hydroxyl groups excluding tert-OH is 1. The van der Waals surface area contributed by atoms with Crippen molar-refractivity contribution in [1.29, 1.82) is 0 Å². The highest BCUT2D eigenvalue weighted by Crippen LogP contribution is 2.02. The van der Waals surface area contributed by atoms with E-state index in [0.29, 0.717) is 37.3 Å². The van der Waals surface area contributed by atoms with Crippen LogP contribution in [-0.2, 0) is 19.1 Å². The third kappa shape index (κ3) is 8.65. The minimum atomic E-state index is -0.319. The summed E-state index contributed by atoms with van der Waals surface area (Å²) in [6, 6.07) is 0. The summed E-state index contributed by atoms with van der Waals surface area (Å²) in [5.74, 6) is -0.638. The van der Waals surface area contributed by atoms with Crippen molar-refractivity contribution >= 4 is 11.9 Å². The molecule has 0 fully saturated rings. The molecule has 0 aromatic rings. The Morgan fingerprint density at radius 2 is 1.41 bits per heavy atom. The third-order valence-electron chi connectivity index (χ3n) is 2.51. The third-order valence-corrected chi connectivity index (χ3v) is 2.51. The standard InChI is InChI=1S/C11H22NO5/c1-10(14)16-8-5-12(3,4-7-13)6-9-17-11(2)15/h13H,4-9H2,1-3H3/q+1. The summed E-state index contributed by atoms with van der Waals surface area (Å²) in [4.78, 5) is 21.3. The molecule has 0 bridgehead atoms. The lowest BCUT2D eigenvalue weighted by atomic mass is 10.3. The molecule has 0 radical (unpaired) electrons. The Kier molecular flexibility index (Phi) is 7.49. The van der Waals surface area contributed by atoms with Gasteiger partial charge in [0.2, 0.25) is 0 Å². The van der Waals surface area contributed by atoms with Gasteiger partial charge in [-0.05, 0) is 0 Å². The fraction of sp³-hybridized carbons (Fsp3) is 0.818. The zero-order valence-corrected chi connectivity index (χ0v) is 10.8. The van der Waals surface area contributed by atoms with E-state index in [9.17, 15) is 9.59 Å². The number of hydrogen-bond acceptors (Lipinski definition) is 5. The second kappa shape index (κ2) is 8.03. The number of carbonyl (C=O) groups is 2. The van der Waals surface area contributed by atoms with E-state index in [4.69, 9.17) is 14.6 Å². The molecule has 17 heavy (non-hydrogen) atoms. The van der Waals surface area contributed by atoms with Crippen LogP contribution in [0.3, 0.4) is 0 Å². The first kappa shape index (κ1) is 15.9. The van der Waals surface area contributed by atoms with Gasteiger partial charge < -0.3 is 19.1 Å². The summed E-state index contributed by atoms with van der Waals surface area (Å²) < 4.78 is 10.2. The van der Waals surface area contributed by atoms with Crippen molar-refractivity contribution in [3.63, 3.8) is 0 Å². The Morgan fingerprint density at radius 1 is 1.00 bits per heavy atom. The van der Waals surface area contributed by atoms with Gasteiger partial charge in [-0.1, -0.05) is 0 Å². The quantitative estimate of drug-likeness (QED) is 0.465. The van der Waals surface area contributed by atoms with Gasteiger partial charge in [-0.15, -0.1) is 0 Å². The summed E-state index contributed by atoms with van der Waals surface area (Å²) in [5, 5.41) is 8.99. The molecular weight excluding hydrogens is 226 g/mol. The molecule has 100 valence electrons. The zero-order valence-electron chi connectivity index (χ0n) is 10.8. The van der Waals surface area contributed by atoms with Crippen LogP contribution in [0, 0.1) is 0 Å². The molecule has 0 amide bonds. The summed E-state index contributed by atoms with van der Waals surface area (Å²) in [6.07, 6.45) is 0. The topological polar surface area (TPSA) is 72.8 Å². The van der Waals surface area contributed by atoms with E-state index in [-0.39, 0.29) is 18.5 Å². The van der Waals surface area contributed by atoms with Crippen molar-refractivity contribution < 1.29 is 28.7 Å². The van der Waals surface area contributed by atoms with Crippen LogP contribution < -0.4 is 0 Å². The van der Waals surface area contributed by atoms with Crippen LogP contribution in [0.15, 0.2) is 0 Å². The largest absolute Gasteiger partial charge is 0.460 e. The fourth-order valence-corrected chi connectivity index (χ4v) is 1.40. The Balaban J connectivity index is 4.05. The van der Waals surface area contributed by atoms with Gasteiger partial charge in [-0.2, -0.15) is 0 Å². The average molecular weight is 248 g/mol. The lowest BCUT2D eigenvalue weighted by Crippen LogP contribution is -2.50. The number of carbonyl (C=O) groups excluding carboxylic acids is 2. The van der Waals surface area contributed by atoms with Crippen molar-refractivity contribution in [2.24, 2.45) is 0 Å². The number of nitrogens with zero attached hydrogens (tertiary/aromatic N) is 1. The SMILES string of the molecule is CC(=O)OCC[N+](C)(CCO)CCOC(C)=O. The predicted octanol–water partition coefficient (Wildman–Crippen LogP) is -0.448. The second-order valence-corrected chi connectivity index (χ2v) is 4.19. The fourth-order valence-electron chi connectivity index (χ4n) is 1.40. The number of hydrogen-bond donors (Lipinski definition) is 1. The van der Waals surface area contributed by atoms with Gasteiger partial charge in [-0.25, -0.2) is 0 Å². The van der Waals surface area contributed by atoms with Crippen LogP contribution in [0.5, 0.6) is 0 Å². The van der Waals surface area contributed by atoms with Crippen LogP contribution in [-0.4, -0.2) is 68.0 Å². The van der Waals surface area contributed by atoms with Gasteiger partial charge >= 0.3 is 11.9 Å². The van der Waals surface area contributed by atoms with Gasteiger partial charge in [0, 0.05) is 13.8 Å². The Hall–Kier alpha value is -1.14. The Labute approximate surface area is 102 Å². The maximum Gasteiger partial charge on any atom is 0.302 e. The average Bonchev–Trinajstić information content (AvgIpc) is 2.16. The number of esters is 2. The molecule has 0 aromatic heterocycles. The van der Waals surface area contributed by atoms with Crippen LogP contribution in [0.2, 0.25) is 0 Å². The highest BCUT2D eigenvalue weighted by molar-refractivity contribution is 5.66. The predicted molar refractivity (Wildman–Crippen MR) is 61.1 cm³/mol. The minimum absolute atomic E-state index is 0.0383. The second-order valence-electron chi connectivity index (χ2n) is 4.19. The molecule has 0 spiro atoms. The Bertz CT molecular complexity index is 234. The molecule has 0 aliphatic rings. The molecule has 6 heteroatoms. The number of ether oxygens (including phenoxy) is 2. The van der Waals surface area contributed by atoms with E-state index in [1.165, 1.54) is 13.8 Å². The molecule has 0 atom stereocenters. The number of quaternary nitrogens is 1. The molecule has 0 aromatic carbocycles. The highest BCUT2D eigenvalue weighted by atomic mass is 16.5. The van der Waals surface area contributed by atoms with Crippen LogP contribution in [0.25, 0.3) is 0 Å². The molecule has 6 nitrogen and oxygen atoms in total. The van der Waals surface area contributed by atoms with E-state index in [1.807, 2.05) is 7.05 Å². The van der Waals surface area contributed by atoms with Gasteiger partial charge in [0.25, 0.3) is 0 Å². The normalized spacial score (nSPS) is 11.1. The van der Waals surface area contributed by atoms with Crippen LogP contribution in [0.4, 0.5) is 0 Å².